The van der Waals surface area contributed by atoms with Gasteiger partial charge in [0, 0.05) is 50.1 Å². The number of unbranched alkanes of at least 4 members (excludes halogenated alkanes) is 27. The predicted octanol–water partition coefficient (Wildman–Crippen LogP) is 28.3. The Labute approximate surface area is 567 Å². The van der Waals surface area contributed by atoms with Crippen LogP contribution in [0.2, 0.25) is 0 Å². The van der Waals surface area contributed by atoms with E-state index in [2.05, 4.69) is 91.8 Å². The molecule has 0 saturated carbocycles. The summed E-state index contributed by atoms with van der Waals surface area (Å²) in [5.74, 6) is 0.312. The highest BCUT2D eigenvalue weighted by Gasteiger charge is 2.31. The number of rotatable bonds is 47. The molecule has 2 unspecified atom stereocenters. The quantitative estimate of drug-likeness (QED) is 0.0356. The van der Waals surface area contributed by atoms with Gasteiger partial charge in [-0.3, -0.25) is 0 Å². The molecule has 0 fully saturated rings. The second-order valence-electron chi connectivity index (χ2n) is 26.4. The van der Waals surface area contributed by atoms with Crippen LogP contribution in [0.4, 0.5) is 8.78 Å². The third-order valence-electron chi connectivity index (χ3n) is 19.0. The van der Waals surface area contributed by atoms with Gasteiger partial charge in [0.15, 0.2) is 11.6 Å². The maximum atomic E-state index is 17.8. The molecule has 5 nitrogen and oxygen atoms in total. The van der Waals surface area contributed by atoms with Gasteiger partial charge in [0.05, 0.1) is 46.8 Å². The molecule has 0 aliphatic carbocycles. The van der Waals surface area contributed by atoms with E-state index in [9.17, 15) is 0 Å². The van der Waals surface area contributed by atoms with Gasteiger partial charge in [0.25, 0.3) is 0 Å². The molecule has 8 rings (SSSR count). The molecule has 0 radical (unpaired) electrons. The zero-order valence-corrected chi connectivity index (χ0v) is 61.5. The van der Waals surface area contributed by atoms with Gasteiger partial charge in [-0.25, -0.2) is 8.78 Å². The van der Waals surface area contributed by atoms with E-state index in [0.29, 0.717) is 29.5 Å². The molecule has 0 aliphatic rings. The third kappa shape index (κ3) is 20.5. The van der Waals surface area contributed by atoms with Crippen molar-refractivity contribution in [3.63, 3.8) is 0 Å². The highest BCUT2D eigenvalue weighted by molar-refractivity contribution is 7.25. The maximum absolute atomic E-state index is 17.8. The first kappa shape index (κ1) is 72.4. The average molecular weight is 1340 g/mol. The van der Waals surface area contributed by atoms with E-state index in [1.807, 2.05) is 0 Å². The standard InChI is InChI=1S/C77H110F2N4OS6/c1-9-14-19-24-28-30-34-38-42-57(41-36-32-26-21-16-11-3)50-59-52-64(86-56(59)8)67-70(78)71(79)68(74-73(67)81-90-82-74)65-53-60(51-58(43-37-33-27-22-17-12-4)44-39-35-31-29-25-20-15-10-2)77(88-65)63-48-47-62(87-63)69-75-72(80-89-83-75)66(61-46-45-54(6)85-61)55(7)76(69)84-49-40-23-18-13-5/h45-48,52-53,57-58H,9-44,49-51H2,1-8H3. The lowest BCUT2D eigenvalue weighted by atomic mass is 9.88. The highest BCUT2D eigenvalue weighted by atomic mass is 32.1. The Balaban J connectivity index is 1.16. The van der Waals surface area contributed by atoms with Gasteiger partial charge < -0.3 is 4.74 Å². The molecule has 6 heterocycles. The molecule has 494 valence electrons. The van der Waals surface area contributed by atoms with Gasteiger partial charge >= 0.3 is 0 Å². The number of halogens is 2. The normalized spacial score (nSPS) is 12.6. The van der Waals surface area contributed by atoms with Crippen molar-refractivity contribution in [3.8, 4) is 57.3 Å². The second kappa shape index (κ2) is 39.4. The van der Waals surface area contributed by atoms with Crippen LogP contribution in [0.5, 0.6) is 5.75 Å². The number of hydrogen-bond acceptors (Lipinski definition) is 11. The number of ether oxygens (including phenoxy) is 1. The van der Waals surface area contributed by atoms with Crippen molar-refractivity contribution in [1.82, 2.24) is 17.5 Å². The monoisotopic (exact) mass is 1340 g/mol. The van der Waals surface area contributed by atoms with Gasteiger partial charge in [0.1, 0.15) is 27.8 Å². The number of aromatic nitrogens is 4. The van der Waals surface area contributed by atoms with Gasteiger partial charge in [-0.2, -0.15) is 17.5 Å². The Morgan fingerprint density at radius 1 is 0.378 bits per heavy atom. The lowest BCUT2D eigenvalue weighted by Crippen LogP contribution is -2.06. The number of nitrogens with zero attached hydrogens (tertiary/aromatic N) is 4. The van der Waals surface area contributed by atoms with Crippen LogP contribution in [-0.2, 0) is 12.8 Å². The molecule has 90 heavy (non-hydrogen) atoms. The summed E-state index contributed by atoms with van der Waals surface area (Å²) in [6.07, 6.45) is 47.5. The molecule has 6 aromatic heterocycles. The summed E-state index contributed by atoms with van der Waals surface area (Å²) in [4.78, 5) is 8.43. The highest BCUT2D eigenvalue weighted by Crippen LogP contribution is 2.52. The molecule has 0 aliphatic heterocycles. The molecule has 2 aromatic carbocycles. The first-order valence-electron chi connectivity index (χ1n) is 36.0. The van der Waals surface area contributed by atoms with Crippen molar-refractivity contribution >= 4 is 90.9 Å². The minimum absolute atomic E-state index is 0.242. The van der Waals surface area contributed by atoms with Crippen LogP contribution in [0.15, 0.2) is 36.4 Å². The molecule has 8 aromatic rings. The SMILES string of the molecule is CCCCCCCCCCC(CCCCCCCC)Cc1cc(-c2c(F)c(F)c(-c3cc(CC(CCCCCCCC)CCCCCCCCCC)c(-c4ccc(-c5c(OCCCCCC)c(C)c(-c6ccc(C)s6)c6nsnc56)s4)s3)c3nsnc23)sc1C. The third-order valence-corrected chi connectivity index (χ3v) is 24.7. The van der Waals surface area contributed by atoms with E-state index >= 15 is 8.78 Å². The first-order chi connectivity index (χ1) is 44.1. The second-order valence-corrected chi connectivity index (χ2v) is 32.2. The van der Waals surface area contributed by atoms with E-state index in [1.54, 1.807) is 45.3 Å². The largest absolute Gasteiger partial charge is 0.493 e. The smallest absolute Gasteiger partial charge is 0.170 e. The number of fused-ring (bicyclic) bond motifs is 2. The van der Waals surface area contributed by atoms with Gasteiger partial charge in [-0.15, -0.1) is 45.3 Å². The van der Waals surface area contributed by atoms with Crippen molar-refractivity contribution in [2.75, 3.05) is 6.61 Å². The first-order valence-corrected chi connectivity index (χ1v) is 40.8. The van der Waals surface area contributed by atoms with Crippen LogP contribution in [0.3, 0.4) is 0 Å². The Morgan fingerprint density at radius 3 is 1.22 bits per heavy atom. The van der Waals surface area contributed by atoms with Crippen LogP contribution in [0.1, 0.15) is 292 Å². The average Bonchev–Trinajstić information content (AvgIpc) is 1.54. The summed E-state index contributed by atoms with van der Waals surface area (Å²) < 4.78 is 62.2. The van der Waals surface area contributed by atoms with Crippen LogP contribution in [-0.4, -0.2) is 24.1 Å². The number of hydrogen-bond donors (Lipinski definition) is 0. The van der Waals surface area contributed by atoms with Gasteiger partial charge in [-0.1, -0.05) is 259 Å². The zero-order valence-electron chi connectivity index (χ0n) is 56.6. The minimum atomic E-state index is -0.821. The Bertz CT molecular complexity index is 3340. The molecule has 2 atom stereocenters. The Hall–Kier alpha value is -3.46. The molecular weight excluding hydrogens is 1230 g/mol. The molecule has 0 saturated heterocycles. The lowest BCUT2D eigenvalue weighted by molar-refractivity contribution is 0.305. The summed E-state index contributed by atoms with van der Waals surface area (Å²) in [7, 11) is 0. The predicted molar refractivity (Wildman–Crippen MR) is 396 cm³/mol. The molecule has 0 spiro atoms. The number of aryl methyl sites for hydroxylation is 2. The summed E-state index contributed by atoms with van der Waals surface area (Å²) in [6, 6.07) is 13.3. The molecule has 0 N–H and O–H groups in total. The fraction of sp³-hybridized carbons (Fsp3) is 0.636. The fourth-order valence-corrected chi connectivity index (χ4v) is 19.3. The summed E-state index contributed by atoms with van der Waals surface area (Å²) in [5.41, 5.74) is 8.90. The minimum Gasteiger partial charge on any atom is -0.493 e. The van der Waals surface area contributed by atoms with Crippen LogP contribution < -0.4 is 4.74 Å². The lowest BCUT2D eigenvalue weighted by Gasteiger charge is -2.18. The summed E-state index contributed by atoms with van der Waals surface area (Å²) in [5, 5.41) is 0. The van der Waals surface area contributed by atoms with Crippen molar-refractivity contribution in [3.05, 3.63) is 74.5 Å². The Kier molecular flexibility index (Phi) is 31.7. The van der Waals surface area contributed by atoms with Crippen LogP contribution >= 0.6 is 68.8 Å². The summed E-state index contributed by atoms with van der Waals surface area (Å²) >= 11 is 9.08. The molecular formula is C77H110F2N4OS6. The number of thiophene rings is 4. The fourth-order valence-electron chi connectivity index (χ4n) is 13.7. The maximum Gasteiger partial charge on any atom is 0.170 e. The number of benzene rings is 2. The van der Waals surface area contributed by atoms with Gasteiger partial charge in [-0.05, 0) is 99.4 Å². The van der Waals surface area contributed by atoms with Crippen molar-refractivity contribution in [2.45, 2.75) is 299 Å². The van der Waals surface area contributed by atoms with Crippen molar-refractivity contribution in [2.24, 2.45) is 11.8 Å². The van der Waals surface area contributed by atoms with E-state index < -0.39 is 11.6 Å². The van der Waals surface area contributed by atoms with Crippen molar-refractivity contribution < 1.29 is 13.5 Å². The molecule has 0 bridgehead atoms. The van der Waals surface area contributed by atoms with E-state index in [4.69, 9.17) is 22.2 Å². The Morgan fingerprint density at radius 2 is 0.756 bits per heavy atom. The van der Waals surface area contributed by atoms with E-state index in [0.717, 1.165) is 95.3 Å². The molecule has 13 heteroatoms. The van der Waals surface area contributed by atoms with E-state index in [-0.39, 0.29) is 11.1 Å². The topological polar surface area (TPSA) is 60.8 Å². The van der Waals surface area contributed by atoms with Gasteiger partial charge in [0.2, 0.25) is 0 Å². The van der Waals surface area contributed by atoms with E-state index in [1.165, 1.54) is 256 Å². The zero-order chi connectivity index (χ0) is 63.5. The van der Waals surface area contributed by atoms with Crippen molar-refractivity contribution in [1.29, 1.82) is 0 Å². The molecule has 0 amide bonds. The summed E-state index contributed by atoms with van der Waals surface area (Å²) in [6.45, 7) is 18.6. The van der Waals surface area contributed by atoms with Crippen LogP contribution in [0, 0.1) is 44.2 Å². The van der Waals surface area contributed by atoms with Crippen LogP contribution in [0.25, 0.3) is 73.6 Å².